The predicted octanol–water partition coefficient (Wildman–Crippen LogP) is 2.86. The van der Waals surface area contributed by atoms with E-state index in [2.05, 4.69) is 0 Å². The van der Waals surface area contributed by atoms with Gasteiger partial charge in [0.15, 0.2) is 0 Å². The maximum absolute atomic E-state index is 12.2. The van der Waals surface area contributed by atoms with Crippen LogP contribution >= 0.6 is 0 Å². The lowest BCUT2D eigenvalue weighted by Crippen LogP contribution is -2.44. The Kier molecular flexibility index (Phi) is 3.54. The van der Waals surface area contributed by atoms with Crippen molar-refractivity contribution in [2.45, 2.75) is 60.0 Å². The third-order valence-corrected chi connectivity index (χ3v) is 4.39. The van der Waals surface area contributed by atoms with Crippen molar-refractivity contribution in [1.82, 2.24) is 0 Å². The Morgan fingerprint density at radius 1 is 1.22 bits per heavy atom. The molecule has 1 rings (SSSR count). The quantitative estimate of drug-likeness (QED) is 0.772. The SMILES string of the molecule is CC(C)(C)OC(=O)C1CC[C@@](C)(C(=O)O)C1(C)C. The van der Waals surface area contributed by atoms with Gasteiger partial charge in [-0.1, -0.05) is 13.8 Å². The molecule has 1 fully saturated rings. The van der Waals surface area contributed by atoms with Crippen LogP contribution in [0.3, 0.4) is 0 Å². The van der Waals surface area contributed by atoms with Crippen LogP contribution in [-0.4, -0.2) is 22.6 Å². The summed E-state index contributed by atoms with van der Waals surface area (Å²) in [5.74, 6) is -1.46. The summed E-state index contributed by atoms with van der Waals surface area (Å²) in [5.41, 5.74) is -1.99. The fourth-order valence-electron chi connectivity index (χ4n) is 2.67. The van der Waals surface area contributed by atoms with Gasteiger partial charge in [-0.2, -0.15) is 0 Å². The monoisotopic (exact) mass is 256 g/mol. The molecule has 0 aromatic heterocycles. The number of carboxylic acids is 1. The predicted molar refractivity (Wildman–Crippen MR) is 68.1 cm³/mol. The van der Waals surface area contributed by atoms with Crippen LogP contribution in [-0.2, 0) is 14.3 Å². The number of hydrogen-bond donors (Lipinski definition) is 1. The molecule has 0 radical (unpaired) electrons. The van der Waals surface area contributed by atoms with Gasteiger partial charge in [0.05, 0.1) is 11.3 Å². The van der Waals surface area contributed by atoms with Crippen molar-refractivity contribution in [3.05, 3.63) is 0 Å². The first-order valence-electron chi connectivity index (χ1n) is 6.38. The molecule has 0 aromatic rings. The van der Waals surface area contributed by atoms with Gasteiger partial charge in [-0.05, 0) is 46.0 Å². The van der Waals surface area contributed by atoms with E-state index in [0.717, 1.165) is 0 Å². The summed E-state index contributed by atoms with van der Waals surface area (Å²) in [6, 6.07) is 0. The highest BCUT2D eigenvalue weighted by Crippen LogP contribution is 2.56. The van der Waals surface area contributed by atoms with Gasteiger partial charge in [-0.25, -0.2) is 0 Å². The van der Waals surface area contributed by atoms with Crippen molar-refractivity contribution in [3.63, 3.8) is 0 Å². The molecule has 0 spiro atoms. The highest BCUT2D eigenvalue weighted by molar-refractivity contribution is 5.81. The molecule has 1 aliphatic rings. The van der Waals surface area contributed by atoms with E-state index in [1.807, 2.05) is 34.6 Å². The lowest BCUT2D eigenvalue weighted by Gasteiger charge is -2.38. The first-order chi connectivity index (χ1) is 7.92. The standard InChI is InChI=1S/C14H24O4/c1-12(2,3)18-10(15)9-7-8-14(6,11(16)17)13(9,4)5/h9H,7-8H2,1-6H3,(H,16,17)/t9?,14-/m0/s1. The molecule has 0 saturated heterocycles. The van der Waals surface area contributed by atoms with Crippen LogP contribution in [0.25, 0.3) is 0 Å². The van der Waals surface area contributed by atoms with Gasteiger partial charge in [0.2, 0.25) is 0 Å². The number of rotatable bonds is 2. The van der Waals surface area contributed by atoms with Gasteiger partial charge in [0.1, 0.15) is 5.60 Å². The van der Waals surface area contributed by atoms with Crippen LogP contribution in [0.15, 0.2) is 0 Å². The summed E-state index contributed by atoms with van der Waals surface area (Å²) >= 11 is 0. The zero-order valence-corrected chi connectivity index (χ0v) is 12.2. The molecule has 4 nitrogen and oxygen atoms in total. The minimum Gasteiger partial charge on any atom is -0.481 e. The molecule has 0 amide bonds. The van der Waals surface area contributed by atoms with E-state index in [9.17, 15) is 14.7 Å². The number of carboxylic acid groups (broad SMARTS) is 1. The average Bonchev–Trinajstić information content (AvgIpc) is 2.36. The van der Waals surface area contributed by atoms with E-state index in [1.165, 1.54) is 0 Å². The molecule has 104 valence electrons. The van der Waals surface area contributed by atoms with E-state index in [4.69, 9.17) is 4.74 Å². The second-order valence-electron chi connectivity index (χ2n) is 6.98. The fraction of sp³-hybridized carbons (Fsp3) is 0.857. The molecular formula is C14H24O4. The normalized spacial score (nSPS) is 31.1. The molecule has 18 heavy (non-hydrogen) atoms. The Morgan fingerprint density at radius 2 is 1.72 bits per heavy atom. The summed E-state index contributed by atoms with van der Waals surface area (Å²) in [4.78, 5) is 23.6. The minimum atomic E-state index is -0.866. The van der Waals surface area contributed by atoms with Crippen molar-refractivity contribution in [2.75, 3.05) is 0 Å². The Bertz CT molecular complexity index is 364. The fourth-order valence-corrected chi connectivity index (χ4v) is 2.67. The average molecular weight is 256 g/mol. The summed E-state index contributed by atoms with van der Waals surface area (Å²) in [6.07, 6.45) is 1.09. The van der Waals surface area contributed by atoms with E-state index < -0.39 is 22.4 Å². The zero-order chi connectivity index (χ0) is 14.4. The van der Waals surface area contributed by atoms with Gasteiger partial charge in [0, 0.05) is 0 Å². The number of hydrogen-bond acceptors (Lipinski definition) is 3. The molecular weight excluding hydrogens is 232 g/mol. The Labute approximate surface area is 109 Å². The third-order valence-electron chi connectivity index (χ3n) is 4.39. The smallest absolute Gasteiger partial charge is 0.310 e. The number of carbonyl (C=O) groups is 2. The Hall–Kier alpha value is -1.06. The van der Waals surface area contributed by atoms with Crippen molar-refractivity contribution >= 4 is 11.9 Å². The highest BCUT2D eigenvalue weighted by atomic mass is 16.6. The molecule has 1 N–H and O–H groups in total. The zero-order valence-electron chi connectivity index (χ0n) is 12.2. The van der Waals surface area contributed by atoms with E-state index in [1.54, 1.807) is 6.92 Å². The highest BCUT2D eigenvalue weighted by Gasteiger charge is 2.59. The summed E-state index contributed by atoms with van der Waals surface area (Å²) in [6.45, 7) is 10.9. The van der Waals surface area contributed by atoms with Gasteiger partial charge < -0.3 is 9.84 Å². The van der Waals surface area contributed by atoms with Crippen molar-refractivity contribution in [2.24, 2.45) is 16.7 Å². The number of ether oxygens (including phenoxy) is 1. The molecule has 0 heterocycles. The lowest BCUT2D eigenvalue weighted by molar-refractivity contribution is -0.167. The van der Waals surface area contributed by atoms with Crippen LogP contribution in [0.5, 0.6) is 0 Å². The second kappa shape index (κ2) is 4.25. The van der Waals surface area contributed by atoms with Crippen LogP contribution in [0.1, 0.15) is 54.4 Å². The van der Waals surface area contributed by atoms with Crippen LogP contribution in [0, 0.1) is 16.7 Å². The van der Waals surface area contributed by atoms with E-state index in [-0.39, 0.29) is 11.9 Å². The Morgan fingerprint density at radius 3 is 2.06 bits per heavy atom. The van der Waals surface area contributed by atoms with E-state index in [0.29, 0.717) is 12.8 Å². The first kappa shape index (κ1) is 15.0. The molecule has 1 aliphatic carbocycles. The van der Waals surface area contributed by atoms with Gasteiger partial charge >= 0.3 is 11.9 Å². The largest absolute Gasteiger partial charge is 0.481 e. The summed E-state index contributed by atoms with van der Waals surface area (Å²) in [5, 5.41) is 9.39. The topological polar surface area (TPSA) is 63.6 Å². The maximum atomic E-state index is 12.2. The molecule has 0 bridgehead atoms. The Balaban J connectivity index is 2.95. The van der Waals surface area contributed by atoms with Crippen molar-refractivity contribution in [3.8, 4) is 0 Å². The number of carbonyl (C=O) groups excluding carboxylic acids is 1. The summed E-state index contributed by atoms with van der Waals surface area (Å²) in [7, 11) is 0. The van der Waals surface area contributed by atoms with Gasteiger partial charge in [-0.3, -0.25) is 9.59 Å². The number of aliphatic carboxylic acids is 1. The summed E-state index contributed by atoms with van der Waals surface area (Å²) < 4.78 is 5.40. The maximum Gasteiger partial charge on any atom is 0.310 e. The van der Waals surface area contributed by atoms with Gasteiger partial charge in [-0.15, -0.1) is 0 Å². The molecule has 0 aromatic carbocycles. The van der Waals surface area contributed by atoms with E-state index >= 15 is 0 Å². The molecule has 2 atom stereocenters. The van der Waals surface area contributed by atoms with Crippen LogP contribution < -0.4 is 0 Å². The first-order valence-corrected chi connectivity index (χ1v) is 6.38. The molecule has 1 saturated carbocycles. The van der Waals surface area contributed by atoms with Crippen LogP contribution in [0.2, 0.25) is 0 Å². The van der Waals surface area contributed by atoms with Gasteiger partial charge in [0.25, 0.3) is 0 Å². The van der Waals surface area contributed by atoms with Crippen LogP contribution in [0.4, 0.5) is 0 Å². The molecule has 0 aliphatic heterocycles. The number of esters is 1. The van der Waals surface area contributed by atoms with Crippen molar-refractivity contribution < 1.29 is 19.4 Å². The minimum absolute atomic E-state index is 0.280. The third kappa shape index (κ3) is 2.38. The van der Waals surface area contributed by atoms with Crippen molar-refractivity contribution in [1.29, 1.82) is 0 Å². The second-order valence-corrected chi connectivity index (χ2v) is 6.98. The lowest BCUT2D eigenvalue weighted by atomic mass is 9.66. The molecule has 4 heteroatoms. The molecule has 1 unspecified atom stereocenters.